The van der Waals surface area contributed by atoms with Crippen molar-refractivity contribution < 1.29 is 18.1 Å². The summed E-state index contributed by atoms with van der Waals surface area (Å²) in [5.41, 5.74) is 0.235. The van der Waals surface area contributed by atoms with E-state index in [0.29, 0.717) is 5.56 Å². The first-order chi connectivity index (χ1) is 12.0. The Morgan fingerprint density at radius 3 is 2.42 bits per heavy atom. The Morgan fingerprint density at radius 1 is 1.15 bits per heavy atom. The predicted octanol–water partition coefficient (Wildman–Crippen LogP) is 3.66. The molecule has 140 valence electrons. The topological polar surface area (TPSA) is 67.2 Å². The summed E-state index contributed by atoms with van der Waals surface area (Å²) in [7, 11) is 0. The fraction of sp³-hybridized carbons (Fsp3) is 0.474. The molecule has 0 atom stereocenters. The quantitative estimate of drug-likeness (QED) is 0.873. The summed E-state index contributed by atoms with van der Waals surface area (Å²) in [6, 6.07) is 4.82. The highest BCUT2D eigenvalue weighted by Crippen LogP contribution is 2.29. The van der Waals surface area contributed by atoms with Gasteiger partial charge in [0.15, 0.2) is 23.1 Å². The molecule has 1 aliphatic rings. The summed E-state index contributed by atoms with van der Waals surface area (Å²) in [6.45, 7) is 8.41. The number of amides is 1. The van der Waals surface area contributed by atoms with E-state index in [1.165, 1.54) is 12.1 Å². The predicted molar refractivity (Wildman–Crippen MR) is 93.6 cm³/mol. The van der Waals surface area contributed by atoms with Crippen molar-refractivity contribution in [2.45, 2.75) is 57.7 Å². The minimum atomic E-state index is -0.982. The van der Waals surface area contributed by atoms with Crippen molar-refractivity contribution in [1.29, 1.82) is 0 Å². The normalized spacial score (nSPS) is 19.3. The van der Waals surface area contributed by atoms with Gasteiger partial charge < -0.3 is 15.2 Å². The highest BCUT2D eigenvalue weighted by atomic mass is 19.2. The number of hydrogen-bond donors (Lipinski definition) is 2. The number of nitrogens with zero attached hydrogens (tertiary/aromatic N) is 1. The van der Waals surface area contributed by atoms with Gasteiger partial charge in [-0.15, -0.1) is 0 Å². The van der Waals surface area contributed by atoms with Crippen LogP contribution >= 0.6 is 0 Å². The van der Waals surface area contributed by atoms with Crippen LogP contribution in [0.3, 0.4) is 0 Å². The van der Waals surface area contributed by atoms with E-state index >= 15 is 0 Å². The summed E-state index contributed by atoms with van der Waals surface area (Å²) in [4.78, 5) is 12.5. The lowest BCUT2D eigenvalue weighted by Gasteiger charge is -2.46. The SMILES string of the molecule is CC1(C)CC(NC(=O)c2cc(-c3ccc(F)c(F)c3)on2)CC(C)(C)N1. The van der Waals surface area contributed by atoms with Gasteiger partial charge in [-0.3, -0.25) is 4.79 Å². The Kier molecular flexibility index (Phi) is 4.60. The Hall–Kier alpha value is -2.28. The van der Waals surface area contributed by atoms with Crippen LogP contribution in [0.1, 0.15) is 51.0 Å². The highest BCUT2D eigenvalue weighted by Gasteiger charge is 2.38. The smallest absolute Gasteiger partial charge is 0.273 e. The molecule has 0 spiro atoms. The average Bonchev–Trinajstić information content (AvgIpc) is 2.96. The maximum atomic E-state index is 13.4. The van der Waals surface area contributed by atoms with Gasteiger partial charge in [0.1, 0.15) is 0 Å². The maximum Gasteiger partial charge on any atom is 0.273 e. The summed E-state index contributed by atoms with van der Waals surface area (Å²) < 4.78 is 31.5. The lowest BCUT2D eigenvalue weighted by molar-refractivity contribution is 0.0864. The monoisotopic (exact) mass is 363 g/mol. The summed E-state index contributed by atoms with van der Waals surface area (Å²) in [5, 5.41) is 10.3. The van der Waals surface area contributed by atoms with Gasteiger partial charge in [0, 0.05) is 28.7 Å². The zero-order valence-corrected chi connectivity index (χ0v) is 15.3. The Bertz CT molecular complexity index is 814. The van der Waals surface area contributed by atoms with E-state index in [4.69, 9.17) is 4.52 Å². The second-order valence-corrected chi connectivity index (χ2v) is 8.18. The largest absolute Gasteiger partial charge is 0.355 e. The molecule has 1 aromatic heterocycles. The molecule has 1 amide bonds. The van der Waals surface area contributed by atoms with Crippen molar-refractivity contribution >= 4 is 5.91 Å². The van der Waals surface area contributed by atoms with Crippen LogP contribution < -0.4 is 10.6 Å². The Morgan fingerprint density at radius 2 is 1.81 bits per heavy atom. The molecule has 1 saturated heterocycles. The summed E-state index contributed by atoms with van der Waals surface area (Å²) in [5.74, 6) is -2.06. The van der Waals surface area contributed by atoms with Crippen LogP contribution in [0.5, 0.6) is 0 Å². The molecule has 2 aromatic rings. The number of aromatic nitrogens is 1. The van der Waals surface area contributed by atoms with E-state index in [-0.39, 0.29) is 34.5 Å². The molecule has 0 radical (unpaired) electrons. The second-order valence-electron chi connectivity index (χ2n) is 8.18. The van der Waals surface area contributed by atoms with E-state index in [9.17, 15) is 13.6 Å². The zero-order valence-electron chi connectivity index (χ0n) is 15.3. The fourth-order valence-corrected chi connectivity index (χ4v) is 3.85. The molecule has 0 saturated carbocycles. The van der Waals surface area contributed by atoms with Gasteiger partial charge in [0.25, 0.3) is 5.91 Å². The van der Waals surface area contributed by atoms with Gasteiger partial charge in [-0.05, 0) is 58.7 Å². The van der Waals surface area contributed by atoms with Crippen LogP contribution in [0, 0.1) is 11.6 Å². The van der Waals surface area contributed by atoms with Crippen molar-refractivity contribution in [3.8, 4) is 11.3 Å². The number of halogens is 2. The lowest BCUT2D eigenvalue weighted by atomic mass is 9.79. The highest BCUT2D eigenvalue weighted by molar-refractivity contribution is 5.93. The van der Waals surface area contributed by atoms with Gasteiger partial charge in [0.05, 0.1) is 0 Å². The molecular formula is C19H23F2N3O2. The summed E-state index contributed by atoms with van der Waals surface area (Å²) >= 11 is 0. The molecule has 1 aromatic carbocycles. The first kappa shape index (κ1) is 18.5. The molecule has 0 unspecified atom stereocenters. The van der Waals surface area contributed by atoms with Crippen molar-refractivity contribution in [2.24, 2.45) is 0 Å². The van der Waals surface area contributed by atoms with E-state index in [2.05, 4.69) is 43.5 Å². The summed E-state index contributed by atoms with van der Waals surface area (Å²) in [6.07, 6.45) is 1.58. The first-order valence-corrected chi connectivity index (χ1v) is 8.57. The van der Waals surface area contributed by atoms with Crippen LogP contribution in [-0.4, -0.2) is 28.2 Å². The third-order valence-electron chi connectivity index (χ3n) is 4.47. The third kappa shape index (κ3) is 4.09. The van der Waals surface area contributed by atoms with Crippen LogP contribution in [0.25, 0.3) is 11.3 Å². The molecule has 0 aliphatic carbocycles. The van der Waals surface area contributed by atoms with Gasteiger partial charge in [-0.2, -0.15) is 0 Å². The van der Waals surface area contributed by atoms with Crippen LogP contribution in [-0.2, 0) is 0 Å². The molecule has 1 aliphatic heterocycles. The molecule has 3 rings (SSSR count). The minimum Gasteiger partial charge on any atom is -0.355 e. The Labute approximate surface area is 151 Å². The van der Waals surface area contributed by atoms with Gasteiger partial charge in [-0.25, -0.2) is 8.78 Å². The number of rotatable bonds is 3. The van der Waals surface area contributed by atoms with Crippen molar-refractivity contribution in [3.63, 3.8) is 0 Å². The van der Waals surface area contributed by atoms with E-state index in [1.807, 2.05) is 0 Å². The number of carbonyl (C=O) groups is 1. The standard InChI is InChI=1S/C19H23F2N3O2/c1-18(2)9-12(10-19(3,4)24-18)22-17(25)15-8-16(26-23-15)11-5-6-13(20)14(21)7-11/h5-8,12,24H,9-10H2,1-4H3,(H,22,25). The van der Waals surface area contributed by atoms with Crippen LogP contribution in [0.15, 0.2) is 28.8 Å². The minimum absolute atomic E-state index is 0.00262. The molecule has 2 N–H and O–H groups in total. The molecule has 1 fully saturated rings. The molecule has 7 heteroatoms. The van der Waals surface area contributed by atoms with Crippen LogP contribution in [0.2, 0.25) is 0 Å². The lowest BCUT2D eigenvalue weighted by Crippen LogP contribution is -2.62. The van der Waals surface area contributed by atoms with Crippen molar-refractivity contribution in [1.82, 2.24) is 15.8 Å². The van der Waals surface area contributed by atoms with E-state index < -0.39 is 11.6 Å². The Balaban J connectivity index is 1.73. The van der Waals surface area contributed by atoms with E-state index in [0.717, 1.165) is 25.0 Å². The van der Waals surface area contributed by atoms with E-state index in [1.54, 1.807) is 0 Å². The molecule has 0 bridgehead atoms. The van der Waals surface area contributed by atoms with Crippen molar-refractivity contribution in [3.05, 3.63) is 41.6 Å². The molecule has 2 heterocycles. The number of benzene rings is 1. The zero-order chi connectivity index (χ0) is 19.1. The second kappa shape index (κ2) is 6.46. The number of piperidine rings is 1. The average molecular weight is 363 g/mol. The number of nitrogens with one attached hydrogen (secondary N) is 2. The first-order valence-electron chi connectivity index (χ1n) is 8.57. The molecule has 26 heavy (non-hydrogen) atoms. The van der Waals surface area contributed by atoms with Gasteiger partial charge in [-0.1, -0.05) is 5.16 Å². The number of hydrogen-bond acceptors (Lipinski definition) is 4. The molecular weight excluding hydrogens is 340 g/mol. The van der Waals surface area contributed by atoms with Crippen molar-refractivity contribution in [2.75, 3.05) is 0 Å². The van der Waals surface area contributed by atoms with Gasteiger partial charge in [0.2, 0.25) is 0 Å². The third-order valence-corrected chi connectivity index (χ3v) is 4.47. The van der Waals surface area contributed by atoms with Crippen LogP contribution in [0.4, 0.5) is 8.78 Å². The number of carbonyl (C=O) groups excluding carboxylic acids is 1. The van der Waals surface area contributed by atoms with Gasteiger partial charge >= 0.3 is 0 Å². The molecule has 5 nitrogen and oxygen atoms in total. The fourth-order valence-electron chi connectivity index (χ4n) is 3.85. The maximum absolute atomic E-state index is 13.4.